The largest absolute Gasteiger partial charge is 0.465 e. The smallest absolute Gasteiger partial charge is 0.405 e. The molecule has 1 aliphatic rings. The average molecular weight is 151 g/mol. The molecule has 0 saturated heterocycles. The van der Waals surface area contributed by atoms with E-state index in [2.05, 4.69) is 5.32 Å². The molecular weight excluding hydrogens is 142 g/mol. The average Bonchev–Trinajstić information content (AvgIpc) is 2.14. The molecule has 2 N–H and O–H groups in total. The Morgan fingerprint density at radius 3 is 2.18 bits per heavy atom. The number of allylic oxidation sites excluding steroid dienone is 4. The lowest BCUT2D eigenvalue weighted by Gasteiger charge is -2.04. The lowest BCUT2D eigenvalue weighted by Crippen LogP contribution is -2.30. The molecule has 0 radical (unpaired) electrons. The van der Waals surface area contributed by atoms with Crippen LogP contribution in [-0.4, -0.2) is 17.2 Å². The van der Waals surface area contributed by atoms with E-state index in [0.717, 1.165) is 0 Å². The predicted octanol–water partition coefficient (Wildman–Crippen LogP) is 1.30. The number of carbonyl (C=O) groups is 1. The molecular formula is C8H9NO2. The van der Waals surface area contributed by atoms with Crippen LogP contribution in [0.3, 0.4) is 0 Å². The lowest BCUT2D eigenvalue weighted by molar-refractivity contribution is 0.193. The molecule has 0 saturated carbocycles. The highest BCUT2D eigenvalue weighted by Gasteiger charge is 2.02. The minimum atomic E-state index is -1.01. The second kappa shape index (κ2) is 3.61. The van der Waals surface area contributed by atoms with Crippen LogP contribution in [-0.2, 0) is 0 Å². The molecule has 1 aliphatic carbocycles. The highest BCUT2D eigenvalue weighted by atomic mass is 16.4. The Morgan fingerprint density at radius 2 is 1.73 bits per heavy atom. The molecule has 0 atom stereocenters. The predicted molar refractivity (Wildman–Crippen MR) is 42.4 cm³/mol. The van der Waals surface area contributed by atoms with Gasteiger partial charge in [-0.1, -0.05) is 36.5 Å². The first-order valence-corrected chi connectivity index (χ1v) is 3.30. The summed E-state index contributed by atoms with van der Waals surface area (Å²) in [6, 6.07) is -0.206. The number of carboxylic acid groups (broad SMARTS) is 1. The number of hydrogen-bond acceptors (Lipinski definition) is 1. The maximum atomic E-state index is 10.2. The normalized spacial score (nSPS) is 16.4. The van der Waals surface area contributed by atoms with Gasteiger partial charge in [0.2, 0.25) is 0 Å². The van der Waals surface area contributed by atoms with E-state index in [-0.39, 0.29) is 6.04 Å². The van der Waals surface area contributed by atoms with E-state index < -0.39 is 6.09 Å². The van der Waals surface area contributed by atoms with Gasteiger partial charge < -0.3 is 10.4 Å². The Hall–Kier alpha value is -1.51. The number of nitrogens with one attached hydrogen (secondary N) is 1. The fourth-order valence-corrected chi connectivity index (χ4v) is 0.799. The third-order valence-electron chi connectivity index (χ3n) is 1.26. The van der Waals surface area contributed by atoms with E-state index >= 15 is 0 Å². The number of hydrogen-bond donors (Lipinski definition) is 2. The summed E-state index contributed by atoms with van der Waals surface area (Å²) in [4.78, 5) is 10.2. The number of amides is 1. The van der Waals surface area contributed by atoms with Crippen molar-refractivity contribution < 1.29 is 9.90 Å². The zero-order valence-electron chi connectivity index (χ0n) is 5.90. The molecule has 0 fully saturated rings. The highest BCUT2D eigenvalue weighted by Crippen LogP contribution is 1.95. The van der Waals surface area contributed by atoms with Gasteiger partial charge in [-0.25, -0.2) is 4.79 Å². The third kappa shape index (κ3) is 2.71. The molecule has 58 valence electrons. The molecule has 11 heavy (non-hydrogen) atoms. The molecule has 3 nitrogen and oxygen atoms in total. The zero-order chi connectivity index (χ0) is 8.10. The molecule has 0 aromatic rings. The van der Waals surface area contributed by atoms with Crippen molar-refractivity contribution in [3.63, 3.8) is 0 Å². The Morgan fingerprint density at radius 1 is 1.18 bits per heavy atom. The first kappa shape index (κ1) is 7.60. The standard InChI is InChI=1S/C8H9NO2/c10-8(11)9-7-5-3-1-2-4-6-7/h1-7,9H,(H,10,11). The van der Waals surface area contributed by atoms with Gasteiger partial charge in [-0.05, 0) is 0 Å². The van der Waals surface area contributed by atoms with Crippen molar-refractivity contribution in [2.75, 3.05) is 0 Å². The van der Waals surface area contributed by atoms with Gasteiger partial charge in [-0.15, -0.1) is 0 Å². The topological polar surface area (TPSA) is 49.3 Å². The summed E-state index contributed by atoms with van der Waals surface area (Å²) in [6.45, 7) is 0. The Kier molecular flexibility index (Phi) is 2.49. The van der Waals surface area contributed by atoms with E-state index in [1.807, 2.05) is 12.2 Å². The lowest BCUT2D eigenvalue weighted by atomic mass is 10.3. The monoisotopic (exact) mass is 151 g/mol. The number of rotatable bonds is 1. The first-order valence-electron chi connectivity index (χ1n) is 3.30. The van der Waals surface area contributed by atoms with Crippen LogP contribution in [0.15, 0.2) is 36.5 Å². The molecule has 0 aliphatic heterocycles. The zero-order valence-corrected chi connectivity index (χ0v) is 5.90. The van der Waals surface area contributed by atoms with Crippen molar-refractivity contribution in [1.82, 2.24) is 5.32 Å². The molecule has 0 unspecified atom stereocenters. The molecule has 3 heteroatoms. The third-order valence-corrected chi connectivity index (χ3v) is 1.26. The Labute approximate surface area is 64.7 Å². The fraction of sp³-hybridized carbons (Fsp3) is 0.125. The quantitative estimate of drug-likeness (QED) is 0.593. The maximum Gasteiger partial charge on any atom is 0.405 e. The van der Waals surface area contributed by atoms with Crippen molar-refractivity contribution in [1.29, 1.82) is 0 Å². The van der Waals surface area contributed by atoms with Gasteiger partial charge in [0, 0.05) is 0 Å². The van der Waals surface area contributed by atoms with E-state index in [0.29, 0.717) is 0 Å². The molecule has 0 spiro atoms. The van der Waals surface area contributed by atoms with Crippen molar-refractivity contribution in [3.05, 3.63) is 36.5 Å². The van der Waals surface area contributed by atoms with Crippen LogP contribution in [0.2, 0.25) is 0 Å². The van der Waals surface area contributed by atoms with Gasteiger partial charge in [-0.2, -0.15) is 0 Å². The van der Waals surface area contributed by atoms with Crippen molar-refractivity contribution in [2.45, 2.75) is 6.04 Å². The van der Waals surface area contributed by atoms with Gasteiger partial charge in [-0.3, -0.25) is 0 Å². The summed E-state index contributed by atoms with van der Waals surface area (Å²) in [5.74, 6) is 0. The summed E-state index contributed by atoms with van der Waals surface area (Å²) < 4.78 is 0. The summed E-state index contributed by atoms with van der Waals surface area (Å²) in [7, 11) is 0. The van der Waals surface area contributed by atoms with Gasteiger partial charge in [0.1, 0.15) is 0 Å². The second-order valence-electron chi connectivity index (χ2n) is 2.13. The van der Waals surface area contributed by atoms with E-state index in [1.165, 1.54) is 0 Å². The van der Waals surface area contributed by atoms with Crippen molar-refractivity contribution in [3.8, 4) is 0 Å². The van der Waals surface area contributed by atoms with E-state index in [4.69, 9.17) is 5.11 Å². The summed E-state index contributed by atoms with van der Waals surface area (Å²) in [5, 5.41) is 10.7. The van der Waals surface area contributed by atoms with Crippen LogP contribution < -0.4 is 5.32 Å². The van der Waals surface area contributed by atoms with Crippen LogP contribution in [0.4, 0.5) is 4.79 Å². The van der Waals surface area contributed by atoms with Crippen molar-refractivity contribution in [2.24, 2.45) is 0 Å². The first-order chi connectivity index (χ1) is 5.29. The Bertz CT molecular complexity index is 212. The van der Waals surface area contributed by atoms with E-state index in [9.17, 15) is 4.79 Å². The minimum Gasteiger partial charge on any atom is -0.465 e. The molecule has 0 aromatic heterocycles. The van der Waals surface area contributed by atoms with Crippen LogP contribution in [0.1, 0.15) is 0 Å². The van der Waals surface area contributed by atoms with Gasteiger partial charge in [0.05, 0.1) is 6.04 Å². The Balaban J connectivity index is 2.53. The van der Waals surface area contributed by atoms with Gasteiger partial charge in [0.15, 0.2) is 0 Å². The van der Waals surface area contributed by atoms with E-state index in [1.54, 1.807) is 24.3 Å². The van der Waals surface area contributed by atoms with Crippen LogP contribution in [0, 0.1) is 0 Å². The SMILES string of the molecule is O=C(O)NC1C=CC=CC=C1. The van der Waals surface area contributed by atoms with Gasteiger partial charge in [0.25, 0.3) is 0 Å². The van der Waals surface area contributed by atoms with Crippen molar-refractivity contribution >= 4 is 6.09 Å². The molecule has 0 bridgehead atoms. The maximum absolute atomic E-state index is 10.2. The molecule has 1 amide bonds. The highest BCUT2D eigenvalue weighted by molar-refractivity contribution is 5.65. The molecule has 0 heterocycles. The summed E-state index contributed by atoms with van der Waals surface area (Å²) in [5.41, 5.74) is 0. The van der Waals surface area contributed by atoms with Crippen LogP contribution in [0.25, 0.3) is 0 Å². The summed E-state index contributed by atoms with van der Waals surface area (Å²) >= 11 is 0. The molecule has 0 aromatic carbocycles. The minimum absolute atomic E-state index is 0.206. The second-order valence-corrected chi connectivity index (χ2v) is 2.13. The van der Waals surface area contributed by atoms with Gasteiger partial charge >= 0.3 is 6.09 Å². The summed E-state index contributed by atoms with van der Waals surface area (Å²) in [6.07, 6.45) is 9.84. The molecule has 1 rings (SSSR count). The fourth-order valence-electron chi connectivity index (χ4n) is 0.799. The van der Waals surface area contributed by atoms with Crippen LogP contribution >= 0.6 is 0 Å². The van der Waals surface area contributed by atoms with Crippen LogP contribution in [0.5, 0.6) is 0 Å².